The van der Waals surface area contributed by atoms with Gasteiger partial charge in [0.05, 0.1) is 4.21 Å². The summed E-state index contributed by atoms with van der Waals surface area (Å²) in [6.07, 6.45) is 4.58. The van der Waals surface area contributed by atoms with Crippen molar-refractivity contribution in [1.29, 1.82) is 0 Å². The van der Waals surface area contributed by atoms with E-state index in [1.165, 1.54) is 38.9 Å². The lowest BCUT2D eigenvalue weighted by Crippen LogP contribution is -2.35. The van der Waals surface area contributed by atoms with Gasteiger partial charge in [0.25, 0.3) is 0 Å². The SMILES string of the molecule is CCc1cc2c(s1)SCCn1c-2nnc1C1CCN(CCc2ccc(Br)cc2)CC1. The average Bonchev–Trinajstić information content (AvgIpc) is 3.34. The molecule has 0 saturated carbocycles. The van der Waals surface area contributed by atoms with Crippen LogP contribution < -0.4 is 0 Å². The smallest absolute Gasteiger partial charge is 0.166 e. The highest BCUT2D eigenvalue weighted by Crippen LogP contribution is 2.42. The van der Waals surface area contributed by atoms with Crippen molar-refractivity contribution in [3.63, 3.8) is 0 Å². The van der Waals surface area contributed by atoms with Gasteiger partial charge in [-0.05, 0) is 62.5 Å². The van der Waals surface area contributed by atoms with Gasteiger partial charge in [0, 0.05) is 39.7 Å². The van der Waals surface area contributed by atoms with Gasteiger partial charge in [-0.15, -0.1) is 33.3 Å². The van der Waals surface area contributed by atoms with E-state index in [0.29, 0.717) is 5.92 Å². The fraction of sp³-hybridized carbons (Fsp3) is 0.478. The molecule has 2 aliphatic heterocycles. The van der Waals surface area contributed by atoms with E-state index in [-0.39, 0.29) is 0 Å². The molecule has 4 heterocycles. The van der Waals surface area contributed by atoms with Crippen LogP contribution in [-0.4, -0.2) is 45.1 Å². The third-order valence-corrected chi connectivity index (χ3v) is 9.32. The summed E-state index contributed by atoms with van der Waals surface area (Å²) in [5.41, 5.74) is 2.73. The molecule has 0 spiro atoms. The molecular formula is C23H27BrN4S2. The molecule has 0 unspecified atom stereocenters. The second-order valence-electron chi connectivity index (χ2n) is 8.14. The Bertz CT molecular complexity index is 1000. The zero-order valence-electron chi connectivity index (χ0n) is 17.3. The van der Waals surface area contributed by atoms with Gasteiger partial charge in [-0.3, -0.25) is 0 Å². The molecule has 0 radical (unpaired) electrons. The Balaban J connectivity index is 1.24. The lowest BCUT2D eigenvalue weighted by atomic mass is 9.95. The first-order valence-electron chi connectivity index (χ1n) is 10.9. The van der Waals surface area contributed by atoms with Crippen LogP contribution in [0.1, 0.15) is 41.9 Å². The van der Waals surface area contributed by atoms with Crippen LogP contribution in [0.3, 0.4) is 0 Å². The maximum atomic E-state index is 4.71. The maximum absolute atomic E-state index is 4.71. The van der Waals surface area contributed by atoms with E-state index in [1.54, 1.807) is 0 Å². The van der Waals surface area contributed by atoms with Crippen molar-refractivity contribution < 1.29 is 0 Å². The van der Waals surface area contributed by atoms with Crippen LogP contribution in [0, 0.1) is 0 Å². The molecule has 7 heteroatoms. The van der Waals surface area contributed by atoms with Crippen LogP contribution in [0.5, 0.6) is 0 Å². The predicted octanol–water partition coefficient (Wildman–Crippen LogP) is 5.86. The summed E-state index contributed by atoms with van der Waals surface area (Å²) in [5, 5.41) is 9.38. The van der Waals surface area contributed by atoms with Crippen molar-refractivity contribution in [2.24, 2.45) is 0 Å². The van der Waals surface area contributed by atoms with E-state index in [1.807, 2.05) is 23.1 Å². The number of likely N-dealkylation sites (tertiary alicyclic amines) is 1. The lowest BCUT2D eigenvalue weighted by Gasteiger charge is -2.31. The molecule has 30 heavy (non-hydrogen) atoms. The molecule has 1 saturated heterocycles. The summed E-state index contributed by atoms with van der Waals surface area (Å²) in [5.74, 6) is 3.96. The van der Waals surface area contributed by atoms with Crippen molar-refractivity contribution in [1.82, 2.24) is 19.7 Å². The van der Waals surface area contributed by atoms with Crippen LogP contribution >= 0.6 is 39.0 Å². The Morgan fingerprint density at radius 3 is 2.67 bits per heavy atom. The molecule has 1 fully saturated rings. The van der Waals surface area contributed by atoms with Gasteiger partial charge in [0.15, 0.2) is 5.82 Å². The second-order valence-corrected chi connectivity index (χ2v) is 11.6. The fourth-order valence-electron chi connectivity index (χ4n) is 4.48. The first-order valence-corrected chi connectivity index (χ1v) is 13.5. The van der Waals surface area contributed by atoms with Gasteiger partial charge in [-0.25, -0.2) is 0 Å². The Hall–Kier alpha value is -1.15. The van der Waals surface area contributed by atoms with Crippen LogP contribution in [0.2, 0.25) is 0 Å². The molecule has 0 N–H and O–H groups in total. The number of benzene rings is 1. The minimum atomic E-state index is 0.533. The van der Waals surface area contributed by atoms with Gasteiger partial charge in [-0.1, -0.05) is 35.0 Å². The van der Waals surface area contributed by atoms with E-state index in [9.17, 15) is 0 Å². The molecule has 158 valence electrons. The van der Waals surface area contributed by atoms with Crippen LogP contribution in [0.15, 0.2) is 39.0 Å². The molecule has 5 rings (SSSR count). The highest BCUT2D eigenvalue weighted by molar-refractivity contribution is 9.10. The number of halogens is 1. The predicted molar refractivity (Wildman–Crippen MR) is 130 cm³/mol. The first kappa shape index (κ1) is 20.7. The number of thiophene rings is 1. The molecule has 2 aromatic heterocycles. The summed E-state index contributed by atoms with van der Waals surface area (Å²) in [4.78, 5) is 4.06. The lowest BCUT2D eigenvalue weighted by molar-refractivity contribution is 0.210. The molecule has 0 atom stereocenters. The van der Waals surface area contributed by atoms with Crippen LogP contribution in [-0.2, 0) is 19.4 Å². The van der Waals surface area contributed by atoms with E-state index in [2.05, 4.69) is 67.8 Å². The minimum absolute atomic E-state index is 0.533. The topological polar surface area (TPSA) is 34.0 Å². The van der Waals surface area contributed by atoms with Crippen molar-refractivity contribution in [2.45, 2.75) is 49.3 Å². The molecule has 1 aromatic carbocycles. The van der Waals surface area contributed by atoms with Crippen molar-refractivity contribution >= 4 is 39.0 Å². The summed E-state index contributed by atoms with van der Waals surface area (Å²) < 4.78 is 5.00. The van der Waals surface area contributed by atoms with Gasteiger partial charge in [0.1, 0.15) is 5.82 Å². The van der Waals surface area contributed by atoms with Crippen LogP contribution in [0.25, 0.3) is 11.4 Å². The number of rotatable bonds is 5. The third kappa shape index (κ3) is 4.27. The molecule has 4 nitrogen and oxygen atoms in total. The number of piperidine rings is 1. The summed E-state index contributed by atoms with van der Waals surface area (Å²) in [7, 11) is 0. The van der Waals surface area contributed by atoms with Gasteiger partial charge >= 0.3 is 0 Å². The van der Waals surface area contributed by atoms with E-state index >= 15 is 0 Å². The van der Waals surface area contributed by atoms with E-state index < -0.39 is 0 Å². The number of hydrogen-bond acceptors (Lipinski definition) is 5. The minimum Gasteiger partial charge on any atom is -0.310 e. The number of nitrogens with zero attached hydrogens (tertiary/aromatic N) is 4. The summed E-state index contributed by atoms with van der Waals surface area (Å²) in [6, 6.07) is 11.1. The number of thioether (sulfide) groups is 1. The zero-order valence-corrected chi connectivity index (χ0v) is 20.5. The number of hydrogen-bond donors (Lipinski definition) is 0. The Morgan fingerprint density at radius 2 is 1.90 bits per heavy atom. The van der Waals surface area contributed by atoms with Gasteiger partial charge in [-0.2, -0.15) is 0 Å². The third-order valence-electron chi connectivity index (χ3n) is 6.25. The number of aromatic nitrogens is 3. The Morgan fingerprint density at radius 1 is 1.10 bits per heavy atom. The quantitative estimate of drug-likeness (QED) is 0.437. The summed E-state index contributed by atoms with van der Waals surface area (Å²) >= 11 is 7.44. The highest BCUT2D eigenvalue weighted by Gasteiger charge is 2.28. The molecule has 0 bridgehead atoms. The van der Waals surface area contributed by atoms with Crippen LogP contribution in [0.4, 0.5) is 0 Å². The maximum Gasteiger partial charge on any atom is 0.166 e. The van der Waals surface area contributed by atoms with Crippen molar-refractivity contribution in [2.75, 3.05) is 25.4 Å². The summed E-state index contributed by atoms with van der Waals surface area (Å²) in [6.45, 7) is 6.70. The highest BCUT2D eigenvalue weighted by atomic mass is 79.9. The Kier molecular flexibility index (Phi) is 6.32. The zero-order chi connectivity index (χ0) is 20.5. The molecule has 0 amide bonds. The molecule has 0 aliphatic carbocycles. The fourth-order valence-corrected chi connectivity index (χ4v) is 7.14. The van der Waals surface area contributed by atoms with Gasteiger partial charge < -0.3 is 9.47 Å². The standard InChI is InChI=1S/C23H27BrN4S2/c1-2-19-15-20-22-26-25-21(28(22)13-14-29-23(20)30-19)17-8-11-27(12-9-17)10-7-16-3-5-18(24)6-4-16/h3-6,15,17H,2,7-14H2,1H3. The average molecular weight is 504 g/mol. The molecule has 2 aliphatic rings. The molecular weight excluding hydrogens is 476 g/mol. The largest absolute Gasteiger partial charge is 0.310 e. The van der Waals surface area contributed by atoms with Crippen molar-refractivity contribution in [3.8, 4) is 11.4 Å². The number of fused-ring (bicyclic) bond motifs is 3. The second kappa shape index (κ2) is 9.15. The number of aryl methyl sites for hydroxylation is 1. The molecule has 3 aromatic rings. The van der Waals surface area contributed by atoms with Crippen molar-refractivity contribution in [3.05, 3.63) is 51.1 Å². The first-order chi connectivity index (χ1) is 14.7. The monoisotopic (exact) mass is 502 g/mol. The van der Waals surface area contributed by atoms with E-state index in [4.69, 9.17) is 5.10 Å². The Labute approximate surface area is 195 Å². The van der Waals surface area contributed by atoms with E-state index in [0.717, 1.165) is 55.1 Å². The van der Waals surface area contributed by atoms with Gasteiger partial charge in [0.2, 0.25) is 0 Å². The normalized spacial score (nSPS) is 17.5.